The Kier molecular flexibility index (Phi) is 5.65. The van der Waals surface area contributed by atoms with Crippen LogP contribution in [-0.4, -0.2) is 36.8 Å². The first-order valence-electron chi connectivity index (χ1n) is 5.88. The van der Waals surface area contributed by atoms with Crippen LogP contribution in [0.1, 0.15) is 32.6 Å². The first-order valence-corrected chi connectivity index (χ1v) is 5.88. The van der Waals surface area contributed by atoms with Gasteiger partial charge in [0, 0.05) is 19.2 Å². The van der Waals surface area contributed by atoms with Gasteiger partial charge >= 0.3 is 0 Å². The van der Waals surface area contributed by atoms with Crippen LogP contribution in [0.25, 0.3) is 0 Å². The number of carbonyl (C=O) groups is 1. The average Bonchev–Trinajstić information content (AvgIpc) is 2.70. The average molecular weight is 214 g/mol. The molecule has 15 heavy (non-hydrogen) atoms. The Labute approximate surface area is 91.4 Å². The maximum absolute atomic E-state index is 11.3. The minimum absolute atomic E-state index is 0.0560. The van der Waals surface area contributed by atoms with Crippen molar-refractivity contribution >= 4 is 5.91 Å². The van der Waals surface area contributed by atoms with E-state index >= 15 is 0 Å². The molecule has 0 heterocycles. The van der Waals surface area contributed by atoms with Crippen LogP contribution in [0.5, 0.6) is 0 Å². The van der Waals surface area contributed by atoms with E-state index in [1.807, 2.05) is 6.92 Å². The topological polar surface area (TPSA) is 61.4 Å². The van der Waals surface area contributed by atoms with E-state index < -0.39 is 0 Å². The van der Waals surface area contributed by atoms with E-state index in [0.29, 0.717) is 18.5 Å². The Morgan fingerprint density at radius 2 is 2.27 bits per heavy atom. The van der Waals surface area contributed by atoms with E-state index in [-0.39, 0.29) is 12.5 Å². The van der Waals surface area contributed by atoms with Crippen LogP contribution in [-0.2, 0) is 4.79 Å². The number of hydrogen-bond donors (Lipinski definition) is 3. The van der Waals surface area contributed by atoms with Gasteiger partial charge in [0.05, 0.1) is 6.54 Å². The van der Waals surface area contributed by atoms with Gasteiger partial charge in [0.25, 0.3) is 0 Å². The van der Waals surface area contributed by atoms with Crippen LogP contribution in [0.15, 0.2) is 0 Å². The second-order valence-corrected chi connectivity index (χ2v) is 4.21. The molecular formula is C11H22N2O2. The van der Waals surface area contributed by atoms with Crippen molar-refractivity contribution < 1.29 is 9.90 Å². The predicted octanol–water partition coefficient (Wildman–Crippen LogP) is 0.263. The molecule has 1 aliphatic carbocycles. The monoisotopic (exact) mass is 214 g/mol. The molecule has 2 unspecified atom stereocenters. The molecule has 0 aromatic carbocycles. The van der Waals surface area contributed by atoms with Crippen molar-refractivity contribution in [3.63, 3.8) is 0 Å². The third-order valence-electron chi connectivity index (χ3n) is 2.99. The molecule has 0 aromatic heterocycles. The van der Waals surface area contributed by atoms with Gasteiger partial charge in [-0.1, -0.05) is 13.3 Å². The molecule has 2 atom stereocenters. The number of hydrogen-bond acceptors (Lipinski definition) is 3. The molecule has 0 aromatic rings. The third kappa shape index (κ3) is 4.18. The van der Waals surface area contributed by atoms with Crippen LogP contribution in [0.2, 0.25) is 0 Å². The molecule has 0 bridgehead atoms. The molecular weight excluding hydrogens is 192 g/mol. The summed E-state index contributed by atoms with van der Waals surface area (Å²) in [5, 5.41) is 15.1. The molecule has 88 valence electrons. The summed E-state index contributed by atoms with van der Waals surface area (Å²) in [4.78, 5) is 11.3. The number of amides is 1. The zero-order valence-electron chi connectivity index (χ0n) is 9.46. The molecule has 0 saturated heterocycles. The van der Waals surface area contributed by atoms with Gasteiger partial charge in [-0.2, -0.15) is 0 Å². The van der Waals surface area contributed by atoms with Crippen LogP contribution in [0.4, 0.5) is 0 Å². The fourth-order valence-electron chi connectivity index (χ4n) is 2.07. The van der Waals surface area contributed by atoms with Crippen LogP contribution in [0, 0.1) is 5.92 Å². The smallest absolute Gasteiger partial charge is 0.233 e. The summed E-state index contributed by atoms with van der Waals surface area (Å²) in [5.41, 5.74) is 0. The van der Waals surface area contributed by atoms with Gasteiger partial charge in [0.15, 0.2) is 0 Å². The van der Waals surface area contributed by atoms with E-state index in [4.69, 9.17) is 5.11 Å². The number of aliphatic hydroxyl groups excluding tert-OH is 1. The standard InChI is InChI=1S/C11H22N2O2/c1-2-6-12-11(15)7-13-10-5-3-4-9(10)8-14/h9-10,13-14H,2-8H2,1H3,(H,12,15). The quantitative estimate of drug-likeness (QED) is 0.594. The Morgan fingerprint density at radius 1 is 1.47 bits per heavy atom. The van der Waals surface area contributed by atoms with Crippen LogP contribution < -0.4 is 10.6 Å². The number of rotatable bonds is 6. The van der Waals surface area contributed by atoms with Gasteiger partial charge in [0.1, 0.15) is 0 Å². The van der Waals surface area contributed by atoms with Crippen molar-refractivity contribution in [2.24, 2.45) is 5.92 Å². The van der Waals surface area contributed by atoms with E-state index in [0.717, 1.165) is 32.2 Å². The molecule has 4 nitrogen and oxygen atoms in total. The molecule has 3 N–H and O–H groups in total. The zero-order valence-corrected chi connectivity index (χ0v) is 9.46. The van der Waals surface area contributed by atoms with Crippen molar-refractivity contribution in [3.8, 4) is 0 Å². The van der Waals surface area contributed by atoms with Crippen LogP contribution in [0.3, 0.4) is 0 Å². The Bertz CT molecular complexity index is 197. The summed E-state index contributed by atoms with van der Waals surface area (Å²) in [7, 11) is 0. The minimum Gasteiger partial charge on any atom is -0.396 e. The first-order chi connectivity index (χ1) is 7.27. The summed E-state index contributed by atoms with van der Waals surface area (Å²) < 4.78 is 0. The Hall–Kier alpha value is -0.610. The summed E-state index contributed by atoms with van der Waals surface area (Å²) in [6.45, 7) is 3.39. The molecule has 0 aliphatic heterocycles. The highest BCUT2D eigenvalue weighted by molar-refractivity contribution is 5.77. The minimum atomic E-state index is 0.0560. The normalized spacial score (nSPS) is 25.5. The number of nitrogens with one attached hydrogen (secondary N) is 2. The van der Waals surface area contributed by atoms with Gasteiger partial charge < -0.3 is 15.7 Å². The molecule has 0 spiro atoms. The second-order valence-electron chi connectivity index (χ2n) is 4.21. The van der Waals surface area contributed by atoms with Crippen molar-refractivity contribution in [2.45, 2.75) is 38.6 Å². The molecule has 1 saturated carbocycles. The Morgan fingerprint density at radius 3 is 2.93 bits per heavy atom. The van der Waals surface area contributed by atoms with E-state index in [9.17, 15) is 4.79 Å². The summed E-state index contributed by atoms with van der Waals surface area (Å²) in [6.07, 6.45) is 4.27. The molecule has 1 aliphatic rings. The van der Waals surface area contributed by atoms with Gasteiger partial charge in [0.2, 0.25) is 5.91 Å². The molecule has 0 radical (unpaired) electrons. The first kappa shape index (κ1) is 12.5. The highest BCUT2D eigenvalue weighted by Gasteiger charge is 2.26. The molecule has 1 amide bonds. The van der Waals surface area contributed by atoms with Gasteiger partial charge in [-0.25, -0.2) is 0 Å². The largest absolute Gasteiger partial charge is 0.396 e. The summed E-state index contributed by atoms with van der Waals surface area (Å²) in [6, 6.07) is 0.322. The lowest BCUT2D eigenvalue weighted by Crippen LogP contribution is -2.41. The van der Waals surface area contributed by atoms with Crippen molar-refractivity contribution in [3.05, 3.63) is 0 Å². The second kappa shape index (κ2) is 6.80. The fraction of sp³-hybridized carbons (Fsp3) is 0.909. The zero-order chi connectivity index (χ0) is 11.1. The maximum atomic E-state index is 11.3. The van der Waals surface area contributed by atoms with E-state index in [1.165, 1.54) is 0 Å². The van der Waals surface area contributed by atoms with Gasteiger partial charge in [-0.15, -0.1) is 0 Å². The van der Waals surface area contributed by atoms with Gasteiger partial charge in [-0.05, 0) is 25.2 Å². The van der Waals surface area contributed by atoms with E-state index in [2.05, 4.69) is 10.6 Å². The molecule has 4 heteroatoms. The number of aliphatic hydroxyl groups is 1. The van der Waals surface area contributed by atoms with Crippen molar-refractivity contribution in [2.75, 3.05) is 19.7 Å². The number of carbonyl (C=O) groups excluding carboxylic acids is 1. The van der Waals surface area contributed by atoms with Gasteiger partial charge in [-0.3, -0.25) is 4.79 Å². The summed E-state index contributed by atoms with van der Waals surface area (Å²) in [5.74, 6) is 0.393. The van der Waals surface area contributed by atoms with Crippen molar-refractivity contribution in [1.82, 2.24) is 10.6 Å². The van der Waals surface area contributed by atoms with Crippen LogP contribution >= 0.6 is 0 Å². The van der Waals surface area contributed by atoms with E-state index in [1.54, 1.807) is 0 Å². The highest BCUT2D eigenvalue weighted by Crippen LogP contribution is 2.24. The lowest BCUT2D eigenvalue weighted by molar-refractivity contribution is -0.120. The lowest BCUT2D eigenvalue weighted by atomic mass is 10.1. The Balaban J connectivity index is 2.15. The molecule has 1 rings (SSSR count). The predicted molar refractivity (Wildman–Crippen MR) is 59.5 cm³/mol. The third-order valence-corrected chi connectivity index (χ3v) is 2.99. The lowest BCUT2D eigenvalue weighted by Gasteiger charge is -2.18. The molecule has 1 fully saturated rings. The highest BCUT2D eigenvalue weighted by atomic mass is 16.3. The fourth-order valence-corrected chi connectivity index (χ4v) is 2.07. The maximum Gasteiger partial charge on any atom is 0.233 e. The summed E-state index contributed by atoms with van der Waals surface area (Å²) >= 11 is 0. The van der Waals surface area contributed by atoms with Crippen molar-refractivity contribution in [1.29, 1.82) is 0 Å². The SMILES string of the molecule is CCCNC(=O)CNC1CCCC1CO.